The summed E-state index contributed by atoms with van der Waals surface area (Å²) in [5.74, 6) is 0. The van der Waals surface area contributed by atoms with Crippen molar-refractivity contribution < 1.29 is 4.79 Å². The van der Waals surface area contributed by atoms with Gasteiger partial charge in [-0.25, -0.2) is 9.21 Å². The van der Waals surface area contributed by atoms with Gasteiger partial charge < -0.3 is 5.32 Å². The van der Waals surface area contributed by atoms with Gasteiger partial charge in [-0.05, 0) is 24.3 Å². The number of anilines is 2. The first-order valence-corrected chi connectivity index (χ1v) is 5.48. The SMILES string of the molecule is O=C(Nc1ccccc1)N(Cl)c1ccccc1. The fourth-order valence-corrected chi connectivity index (χ4v) is 1.53. The fraction of sp³-hybridized carbons (Fsp3) is 0. The highest BCUT2D eigenvalue weighted by Crippen LogP contribution is 2.17. The summed E-state index contributed by atoms with van der Waals surface area (Å²) in [6, 6.07) is 17.8. The lowest BCUT2D eigenvalue weighted by molar-refractivity contribution is 0.260. The topological polar surface area (TPSA) is 32.3 Å². The predicted octanol–water partition coefficient (Wildman–Crippen LogP) is 3.88. The number of benzene rings is 2. The van der Waals surface area contributed by atoms with Crippen molar-refractivity contribution in [3.63, 3.8) is 0 Å². The summed E-state index contributed by atoms with van der Waals surface area (Å²) >= 11 is 5.93. The molecule has 0 atom stereocenters. The monoisotopic (exact) mass is 246 g/mol. The van der Waals surface area contributed by atoms with E-state index in [9.17, 15) is 4.79 Å². The molecule has 0 unspecified atom stereocenters. The highest BCUT2D eigenvalue weighted by Gasteiger charge is 2.12. The van der Waals surface area contributed by atoms with Crippen molar-refractivity contribution in [2.45, 2.75) is 0 Å². The van der Waals surface area contributed by atoms with Gasteiger partial charge in [0.15, 0.2) is 0 Å². The number of rotatable bonds is 2. The molecule has 0 aromatic heterocycles. The van der Waals surface area contributed by atoms with Crippen LogP contribution in [-0.4, -0.2) is 6.03 Å². The minimum atomic E-state index is -0.385. The van der Waals surface area contributed by atoms with Gasteiger partial charge >= 0.3 is 6.03 Å². The average Bonchev–Trinajstić information content (AvgIpc) is 2.40. The van der Waals surface area contributed by atoms with E-state index in [1.807, 2.05) is 36.4 Å². The molecule has 0 radical (unpaired) electrons. The van der Waals surface area contributed by atoms with Crippen LogP contribution < -0.4 is 9.74 Å². The minimum Gasteiger partial charge on any atom is -0.307 e. The highest BCUT2D eigenvalue weighted by atomic mass is 35.5. The van der Waals surface area contributed by atoms with Gasteiger partial charge in [-0.15, -0.1) is 0 Å². The molecule has 2 rings (SSSR count). The normalized spacial score (nSPS) is 9.71. The first-order chi connectivity index (χ1) is 8.27. The first-order valence-electron chi connectivity index (χ1n) is 5.14. The van der Waals surface area contributed by atoms with Crippen LogP contribution in [0.15, 0.2) is 60.7 Å². The zero-order valence-corrected chi connectivity index (χ0v) is 9.76. The van der Waals surface area contributed by atoms with Crippen LogP contribution in [0.5, 0.6) is 0 Å². The molecule has 86 valence electrons. The van der Waals surface area contributed by atoms with Crippen LogP contribution in [0, 0.1) is 0 Å². The van der Waals surface area contributed by atoms with Gasteiger partial charge in [0.25, 0.3) is 0 Å². The molecule has 3 nitrogen and oxygen atoms in total. The Morgan fingerprint density at radius 3 is 2.06 bits per heavy atom. The van der Waals surface area contributed by atoms with Crippen molar-refractivity contribution in [1.29, 1.82) is 0 Å². The van der Waals surface area contributed by atoms with Gasteiger partial charge in [-0.3, -0.25) is 0 Å². The Morgan fingerprint density at radius 2 is 1.47 bits per heavy atom. The molecule has 0 spiro atoms. The number of hydrogen-bond donors (Lipinski definition) is 1. The molecular formula is C13H11ClN2O. The van der Waals surface area contributed by atoms with Crippen LogP contribution in [-0.2, 0) is 0 Å². The number of carbonyl (C=O) groups excluding carboxylic acids is 1. The highest BCUT2D eigenvalue weighted by molar-refractivity contribution is 6.38. The third-order valence-electron chi connectivity index (χ3n) is 2.19. The quantitative estimate of drug-likeness (QED) is 0.802. The first kappa shape index (κ1) is 11.5. The molecule has 2 aromatic carbocycles. The van der Waals surface area contributed by atoms with Crippen LogP contribution in [0.25, 0.3) is 0 Å². The fourth-order valence-electron chi connectivity index (χ4n) is 1.37. The van der Waals surface area contributed by atoms with Crippen LogP contribution in [0.4, 0.5) is 16.2 Å². The lowest BCUT2D eigenvalue weighted by atomic mass is 10.3. The molecule has 0 aliphatic heterocycles. The Hall–Kier alpha value is -2.00. The molecule has 0 bridgehead atoms. The second-order valence-electron chi connectivity index (χ2n) is 3.41. The molecule has 0 saturated heterocycles. The van der Waals surface area contributed by atoms with Gasteiger partial charge in [0.1, 0.15) is 0 Å². The summed E-state index contributed by atoms with van der Waals surface area (Å²) < 4.78 is 1.05. The maximum atomic E-state index is 11.8. The third kappa shape index (κ3) is 2.98. The molecule has 0 heterocycles. The standard InChI is InChI=1S/C13H11ClN2O/c14-16(12-9-5-2-6-10-12)13(17)15-11-7-3-1-4-8-11/h1-10H,(H,15,17). The second-order valence-corrected chi connectivity index (χ2v) is 3.75. The van der Waals surface area contributed by atoms with Gasteiger partial charge in [0, 0.05) is 17.5 Å². The van der Waals surface area contributed by atoms with E-state index < -0.39 is 0 Å². The summed E-state index contributed by atoms with van der Waals surface area (Å²) in [6.45, 7) is 0. The summed E-state index contributed by atoms with van der Waals surface area (Å²) in [5, 5.41) is 2.70. The molecule has 4 heteroatoms. The lowest BCUT2D eigenvalue weighted by Gasteiger charge is -2.14. The number of nitrogens with zero attached hydrogens (tertiary/aromatic N) is 1. The van der Waals surface area contributed by atoms with E-state index in [0.717, 1.165) is 4.42 Å². The van der Waals surface area contributed by atoms with E-state index in [4.69, 9.17) is 11.8 Å². The number of amides is 2. The molecule has 0 aliphatic rings. The number of nitrogens with one attached hydrogen (secondary N) is 1. The van der Waals surface area contributed by atoms with Crippen LogP contribution in [0.3, 0.4) is 0 Å². The van der Waals surface area contributed by atoms with E-state index in [1.54, 1.807) is 24.3 Å². The van der Waals surface area contributed by atoms with Crippen LogP contribution in [0.2, 0.25) is 0 Å². The average molecular weight is 247 g/mol. The van der Waals surface area contributed by atoms with E-state index in [0.29, 0.717) is 11.4 Å². The van der Waals surface area contributed by atoms with E-state index in [1.165, 1.54) is 0 Å². The van der Waals surface area contributed by atoms with Crippen LogP contribution in [0.1, 0.15) is 0 Å². The Bertz CT molecular complexity index is 487. The van der Waals surface area contributed by atoms with Crippen molar-refractivity contribution in [2.24, 2.45) is 0 Å². The Morgan fingerprint density at radius 1 is 0.941 bits per heavy atom. The molecule has 0 fully saturated rings. The molecule has 2 amide bonds. The van der Waals surface area contributed by atoms with E-state index in [2.05, 4.69) is 5.32 Å². The third-order valence-corrected chi connectivity index (χ3v) is 2.53. The molecule has 1 N–H and O–H groups in total. The lowest BCUT2D eigenvalue weighted by Crippen LogP contribution is -2.26. The van der Waals surface area contributed by atoms with Crippen molar-refractivity contribution in [1.82, 2.24) is 0 Å². The van der Waals surface area contributed by atoms with Crippen molar-refractivity contribution in [3.05, 3.63) is 60.7 Å². The van der Waals surface area contributed by atoms with Gasteiger partial charge in [0.2, 0.25) is 0 Å². The Balaban J connectivity index is 2.06. The van der Waals surface area contributed by atoms with E-state index in [-0.39, 0.29) is 6.03 Å². The molecule has 17 heavy (non-hydrogen) atoms. The number of hydrogen-bond acceptors (Lipinski definition) is 1. The largest absolute Gasteiger partial charge is 0.341 e. The van der Waals surface area contributed by atoms with Gasteiger partial charge in [-0.1, -0.05) is 36.4 Å². The second kappa shape index (κ2) is 5.37. The summed E-state index contributed by atoms with van der Waals surface area (Å²) in [6.07, 6.45) is 0. The summed E-state index contributed by atoms with van der Waals surface area (Å²) in [4.78, 5) is 11.8. The minimum absolute atomic E-state index is 0.385. The maximum absolute atomic E-state index is 11.8. The van der Waals surface area contributed by atoms with Crippen molar-refractivity contribution in [3.8, 4) is 0 Å². The number of halogens is 1. The molecule has 2 aromatic rings. The maximum Gasteiger partial charge on any atom is 0.341 e. The zero-order chi connectivity index (χ0) is 12.1. The summed E-state index contributed by atoms with van der Waals surface area (Å²) in [7, 11) is 0. The summed E-state index contributed by atoms with van der Waals surface area (Å²) in [5.41, 5.74) is 1.33. The molecule has 0 saturated carbocycles. The van der Waals surface area contributed by atoms with Crippen molar-refractivity contribution in [2.75, 3.05) is 9.74 Å². The molecule has 0 aliphatic carbocycles. The van der Waals surface area contributed by atoms with Gasteiger partial charge in [0.05, 0.1) is 5.69 Å². The smallest absolute Gasteiger partial charge is 0.307 e. The Labute approximate surface area is 105 Å². The van der Waals surface area contributed by atoms with Crippen LogP contribution >= 0.6 is 11.8 Å². The Kier molecular flexibility index (Phi) is 3.62. The van der Waals surface area contributed by atoms with E-state index >= 15 is 0 Å². The number of urea groups is 1. The zero-order valence-electron chi connectivity index (χ0n) is 9.01. The number of carbonyl (C=O) groups is 1. The van der Waals surface area contributed by atoms with Gasteiger partial charge in [-0.2, -0.15) is 0 Å². The predicted molar refractivity (Wildman–Crippen MR) is 70.2 cm³/mol. The van der Waals surface area contributed by atoms with Crippen molar-refractivity contribution >= 4 is 29.2 Å². The molecular weight excluding hydrogens is 236 g/mol. The number of para-hydroxylation sites is 2.